The maximum Gasteiger partial charge on any atom is 0.369 e. The van der Waals surface area contributed by atoms with Gasteiger partial charge in [-0.3, -0.25) is 4.90 Å². The van der Waals surface area contributed by atoms with Crippen LogP contribution >= 0.6 is 0 Å². The second kappa shape index (κ2) is 7.83. The van der Waals surface area contributed by atoms with Crippen molar-refractivity contribution in [3.05, 3.63) is 59.7 Å². The maximum atomic E-state index is 13.3. The number of fused-ring (bicyclic) bond motifs is 1. The third kappa shape index (κ3) is 3.52. The van der Waals surface area contributed by atoms with Crippen LogP contribution in [0, 0.1) is 0 Å². The van der Waals surface area contributed by atoms with Gasteiger partial charge in [0.05, 0.1) is 4.90 Å². The summed E-state index contributed by atoms with van der Waals surface area (Å²) in [5.74, 6) is 0. The molecule has 0 unspecified atom stereocenters. The van der Waals surface area contributed by atoms with Crippen molar-refractivity contribution in [3.8, 4) is 0 Å². The average Bonchev–Trinajstić information content (AvgIpc) is 3.36. The topological polar surface area (TPSA) is 108 Å². The third-order valence-corrected chi connectivity index (χ3v) is 6.61. The number of hydrogen-bond donors (Lipinski definition) is 1. The van der Waals surface area contributed by atoms with Crippen molar-refractivity contribution in [1.82, 2.24) is 5.32 Å². The molecule has 4 rings (SSSR count). The lowest BCUT2D eigenvalue weighted by Crippen LogP contribution is -2.39. The summed E-state index contributed by atoms with van der Waals surface area (Å²) >= 11 is 0. The molecule has 2 aromatic carbocycles. The second-order valence-electron chi connectivity index (χ2n) is 6.95. The molecule has 0 spiro atoms. The molecule has 0 saturated heterocycles. The quantitative estimate of drug-likeness (QED) is 0.814. The summed E-state index contributed by atoms with van der Waals surface area (Å²) in [6.07, 6.45) is 1.37. The van der Waals surface area contributed by atoms with Gasteiger partial charge in [0.2, 0.25) is 9.84 Å². The first-order chi connectivity index (χ1) is 14.4. The number of nitrogens with zero attached hydrogens (tertiary/aromatic N) is 3. The first-order valence-corrected chi connectivity index (χ1v) is 11.1. The van der Waals surface area contributed by atoms with Crippen LogP contribution in [0.5, 0.6) is 0 Å². The molecule has 1 N–H and O–H groups in total. The average molecular weight is 424 g/mol. The summed E-state index contributed by atoms with van der Waals surface area (Å²) in [5.41, 5.74) is 1.99. The molecular weight excluding hydrogens is 404 g/mol. The normalized spacial score (nSPS) is 15.6. The lowest BCUT2D eigenvalue weighted by atomic mass is 10.1. The predicted molar refractivity (Wildman–Crippen MR) is 114 cm³/mol. The zero-order chi connectivity index (χ0) is 21.3. The van der Waals surface area contributed by atoms with Crippen LogP contribution in [0.2, 0.25) is 0 Å². The van der Waals surface area contributed by atoms with Crippen molar-refractivity contribution in [2.45, 2.75) is 24.7 Å². The van der Waals surface area contributed by atoms with E-state index in [1.54, 1.807) is 47.4 Å². The summed E-state index contributed by atoms with van der Waals surface area (Å²) in [5, 5.41) is 2.48. The van der Waals surface area contributed by atoms with Gasteiger partial charge in [-0.15, -0.1) is 0 Å². The highest BCUT2D eigenvalue weighted by atomic mass is 32.2. The molecule has 0 aliphatic carbocycles. The van der Waals surface area contributed by atoms with E-state index in [0.717, 1.165) is 12.0 Å². The Morgan fingerprint density at radius 1 is 1.13 bits per heavy atom. The molecular formula is C21H20N4O4S. The van der Waals surface area contributed by atoms with Crippen molar-refractivity contribution >= 4 is 38.3 Å². The van der Waals surface area contributed by atoms with Crippen LogP contribution in [0.3, 0.4) is 0 Å². The first kappa shape index (κ1) is 20.0. The fourth-order valence-electron chi connectivity index (χ4n) is 3.47. The van der Waals surface area contributed by atoms with Crippen LogP contribution in [0.25, 0.3) is 0 Å². The van der Waals surface area contributed by atoms with Gasteiger partial charge in [0.1, 0.15) is 5.71 Å². The maximum absolute atomic E-state index is 13.3. The van der Waals surface area contributed by atoms with Crippen molar-refractivity contribution in [2.24, 2.45) is 9.98 Å². The number of nitrogens with one attached hydrogen (secondary N) is 1. The second-order valence-corrected chi connectivity index (χ2v) is 8.82. The van der Waals surface area contributed by atoms with Gasteiger partial charge in [0, 0.05) is 24.3 Å². The highest BCUT2D eigenvalue weighted by Gasteiger charge is 2.34. The Morgan fingerprint density at radius 3 is 2.63 bits per heavy atom. The Labute approximate surface area is 174 Å². The smallest absolute Gasteiger partial charge is 0.338 e. The van der Waals surface area contributed by atoms with Crippen molar-refractivity contribution in [3.63, 3.8) is 0 Å². The summed E-state index contributed by atoms with van der Waals surface area (Å²) in [7, 11) is -4.06. The summed E-state index contributed by atoms with van der Waals surface area (Å²) in [6.45, 7) is 3.02. The molecule has 2 aliphatic rings. The van der Waals surface area contributed by atoms with E-state index >= 15 is 0 Å². The highest BCUT2D eigenvalue weighted by molar-refractivity contribution is 8.08. The van der Waals surface area contributed by atoms with Crippen LogP contribution in [0.4, 0.5) is 15.3 Å². The number of sulfone groups is 1. The number of benzene rings is 2. The lowest BCUT2D eigenvalue weighted by molar-refractivity contribution is 0.246. The van der Waals surface area contributed by atoms with Crippen LogP contribution < -0.4 is 10.2 Å². The molecule has 2 aromatic rings. The van der Waals surface area contributed by atoms with Gasteiger partial charge in [-0.1, -0.05) is 37.3 Å². The number of hydrogen-bond acceptors (Lipinski definition) is 4. The van der Waals surface area contributed by atoms with E-state index in [1.807, 2.05) is 6.92 Å². The molecule has 154 valence electrons. The van der Waals surface area contributed by atoms with Crippen molar-refractivity contribution < 1.29 is 18.0 Å². The molecule has 0 bridgehead atoms. The number of aliphatic imine (C=N–C) groups is 2. The third-order valence-electron chi connectivity index (χ3n) is 4.94. The molecule has 0 aromatic heterocycles. The largest absolute Gasteiger partial charge is 0.369 e. The monoisotopic (exact) mass is 424 g/mol. The van der Waals surface area contributed by atoms with Gasteiger partial charge in [-0.05, 0) is 36.6 Å². The Balaban J connectivity index is 1.66. The Bertz CT molecular complexity index is 1190. The van der Waals surface area contributed by atoms with Crippen molar-refractivity contribution in [1.29, 1.82) is 0 Å². The van der Waals surface area contributed by atoms with Crippen LogP contribution in [-0.4, -0.2) is 44.3 Å². The minimum absolute atomic E-state index is 0.0224. The van der Waals surface area contributed by atoms with Crippen LogP contribution in [-0.2, 0) is 16.3 Å². The van der Waals surface area contributed by atoms with E-state index in [2.05, 4.69) is 15.3 Å². The first-order valence-electron chi connectivity index (χ1n) is 9.62. The number of rotatable bonds is 4. The molecule has 9 heteroatoms. The van der Waals surface area contributed by atoms with E-state index in [4.69, 9.17) is 0 Å². The number of carbonyl (C=O) groups excluding carboxylic acids is 2. The van der Waals surface area contributed by atoms with E-state index in [-0.39, 0.29) is 21.7 Å². The van der Waals surface area contributed by atoms with E-state index in [0.29, 0.717) is 30.8 Å². The van der Waals surface area contributed by atoms with Gasteiger partial charge in [-0.2, -0.15) is 9.98 Å². The Kier molecular flexibility index (Phi) is 5.21. The molecule has 0 saturated carbocycles. The lowest BCUT2D eigenvalue weighted by Gasteiger charge is -2.18. The summed E-state index contributed by atoms with van der Waals surface area (Å²) in [4.78, 5) is 33.2. The minimum atomic E-state index is -4.06. The van der Waals surface area contributed by atoms with Crippen LogP contribution in [0.1, 0.15) is 24.5 Å². The van der Waals surface area contributed by atoms with Gasteiger partial charge in [0.15, 0.2) is 5.04 Å². The van der Waals surface area contributed by atoms with Gasteiger partial charge in [-0.25, -0.2) is 18.0 Å². The van der Waals surface area contributed by atoms with E-state index in [9.17, 15) is 18.0 Å². The highest BCUT2D eigenvalue weighted by Crippen LogP contribution is 2.31. The molecule has 4 amide bonds. The minimum Gasteiger partial charge on any atom is -0.338 e. The number of amides is 4. The SMILES string of the molecule is CCCNC(=O)N1CCc2cc(S(=O)(=O)C3=NC(=O)N=C3c3ccccc3)ccc21. The zero-order valence-electron chi connectivity index (χ0n) is 16.3. The van der Waals surface area contributed by atoms with Gasteiger partial charge >= 0.3 is 12.1 Å². The molecule has 0 radical (unpaired) electrons. The number of carbonyl (C=O) groups is 2. The number of urea groups is 2. The predicted octanol–water partition coefficient (Wildman–Crippen LogP) is 2.96. The molecule has 2 heterocycles. The molecule has 30 heavy (non-hydrogen) atoms. The fourth-order valence-corrected chi connectivity index (χ4v) is 4.86. The molecule has 8 nitrogen and oxygen atoms in total. The van der Waals surface area contributed by atoms with Crippen LogP contribution in [0.15, 0.2) is 63.4 Å². The summed E-state index contributed by atoms with van der Waals surface area (Å²) in [6, 6.07) is 12.2. The number of anilines is 1. The van der Waals surface area contributed by atoms with Gasteiger partial charge < -0.3 is 5.32 Å². The zero-order valence-corrected chi connectivity index (χ0v) is 17.1. The van der Waals surface area contributed by atoms with E-state index in [1.165, 1.54) is 6.07 Å². The standard InChI is InChI=1S/C21H20N4O4S/c1-2-11-22-21(27)25-12-10-15-13-16(8-9-17(15)25)30(28,29)19-18(23-20(26)24-19)14-6-4-3-5-7-14/h3-9,13H,2,10-12H2,1H3,(H,22,27). The Morgan fingerprint density at radius 2 is 1.90 bits per heavy atom. The van der Waals surface area contributed by atoms with Crippen molar-refractivity contribution in [2.75, 3.05) is 18.0 Å². The van der Waals surface area contributed by atoms with E-state index < -0.39 is 15.9 Å². The Hall–Kier alpha value is -3.33. The molecule has 0 fully saturated rings. The summed E-state index contributed by atoms with van der Waals surface area (Å²) < 4.78 is 26.5. The molecule has 2 aliphatic heterocycles. The molecule has 0 atom stereocenters. The fraction of sp³-hybridized carbons (Fsp3) is 0.238. The van der Waals surface area contributed by atoms with Gasteiger partial charge in [0.25, 0.3) is 0 Å².